The predicted molar refractivity (Wildman–Crippen MR) is 72.1 cm³/mol. The van der Waals surface area contributed by atoms with Crippen LogP contribution in [0.2, 0.25) is 0 Å². The van der Waals surface area contributed by atoms with Crippen molar-refractivity contribution >= 4 is 10.0 Å². The van der Waals surface area contributed by atoms with Gasteiger partial charge >= 0.3 is 6.18 Å². The molecule has 2 N–H and O–H groups in total. The number of rotatable bonds is 6. The van der Waals surface area contributed by atoms with Crippen molar-refractivity contribution in [2.75, 3.05) is 6.54 Å². The fourth-order valence-corrected chi connectivity index (χ4v) is 2.81. The van der Waals surface area contributed by atoms with Crippen molar-refractivity contribution < 1.29 is 26.7 Å². The summed E-state index contributed by atoms with van der Waals surface area (Å²) in [5.41, 5.74) is -0.915. The Labute approximate surface area is 122 Å². The summed E-state index contributed by atoms with van der Waals surface area (Å²) in [5, 5.41) is 9.60. The zero-order valence-electron chi connectivity index (χ0n) is 11.7. The molecule has 4 nitrogen and oxygen atoms in total. The molecule has 1 aromatic carbocycles. The number of halogens is 3. The van der Waals surface area contributed by atoms with Gasteiger partial charge < -0.3 is 5.11 Å². The second-order valence-electron chi connectivity index (χ2n) is 5.16. The summed E-state index contributed by atoms with van der Waals surface area (Å²) < 4.78 is 63.1. The number of benzene rings is 1. The summed E-state index contributed by atoms with van der Waals surface area (Å²) in [5.74, 6) is 0.204. The molecular formula is C13H18F3NO3S. The lowest BCUT2D eigenvalue weighted by Crippen LogP contribution is -2.32. The first-order valence-electron chi connectivity index (χ1n) is 6.37. The lowest BCUT2D eigenvalue weighted by atomic mass is 10.1. The molecule has 0 amide bonds. The van der Waals surface area contributed by atoms with E-state index in [1.54, 1.807) is 0 Å². The average Bonchev–Trinajstić information content (AvgIpc) is 2.35. The monoisotopic (exact) mass is 325 g/mol. The van der Waals surface area contributed by atoms with Gasteiger partial charge in [0.2, 0.25) is 10.0 Å². The molecule has 0 saturated carbocycles. The second kappa shape index (κ2) is 6.76. The van der Waals surface area contributed by atoms with Crippen LogP contribution in [0.5, 0.6) is 0 Å². The molecule has 1 rings (SSSR count). The topological polar surface area (TPSA) is 66.4 Å². The van der Waals surface area contributed by atoms with Gasteiger partial charge in [-0.25, -0.2) is 13.1 Å². The molecule has 120 valence electrons. The standard InChI is InChI=1S/C13H18F3NO3S/c1-9(2)7-11(18)8-17-21(19,20)12-5-3-10(4-6-12)13(14,15)16/h3-6,9,11,17-18H,7-8H2,1-2H3. The maximum absolute atomic E-state index is 12.4. The third-order valence-electron chi connectivity index (χ3n) is 2.74. The fourth-order valence-electron chi connectivity index (χ4n) is 1.74. The van der Waals surface area contributed by atoms with E-state index >= 15 is 0 Å². The molecule has 0 fully saturated rings. The van der Waals surface area contributed by atoms with Gasteiger partial charge in [-0.05, 0) is 36.6 Å². The van der Waals surface area contributed by atoms with Crippen LogP contribution in [0, 0.1) is 5.92 Å². The number of alkyl halides is 3. The summed E-state index contributed by atoms with van der Waals surface area (Å²) >= 11 is 0. The number of nitrogens with one attached hydrogen (secondary N) is 1. The van der Waals surface area contributed by atoms with Crippen LogP contribution in [0.25, 0.3) is 0 Å². The number of aliphatic hydroxyl groups is 1. The Morgan fingerprint density at radius 2 is 1.71 bits per heavy atom. The molecule has 1 atom stereocenters. The summed E-state index contributed by atoms with van der Waals surface area (Å²) in [4.78, 5) is -0.271. The largest absolute Gasteiger partial charge is 0.416 e. The lowest BCUT2D eigenvalue weighted by Gasteiger charge is -2.14. The van der Waals surface area contributed by atoms with E-state index in [9.17, 15) is 26.7 Å². The Bertz CT molecular complexity index is 553. The first-order chi connectivity index (χ1) is 9.52. The molecule has 0 aliphatic carbocycles. The van der Waals surface area contributed by atoms with Crippen molar-refractivity contribution in [3.05, 3.63) is 29.8 Å². The van der Waals surface area contributed by atoms with Crippen LogP contribution in [0.1, 0.15) is 25.8 Å². The van der Waals surface area contributed by atoms with E-state index in [0.717, 1.165) is 12.1 Å². The highest BCUT2D eigenvalue weighted by atomic mass is 32.2. The van der Waals surface area contributed by atoms with Gasteiger partial charge in [-0.2, -0.15) is 13.2 Å². The zero-order valence-corrected chi connectivity index (χ0v) is 12.5. The van der Waals surface area contributed by atoms with Crippen molar-refractivity contribution in [2.45, 2.75) is 37.4 Å². The van der Waals surface area contributed by atoms with Crippen LogP contribution >= 0.6 is 0 Å². The van der Waals surface area contributed by atoms with Gasteiger partial charge in [0.25, 0.3) is 0 Å². The van der Waals surface area contributed by atoms with Crippen LogP contribution in [0.15, 0.2) is 29.2 Å². The maximum atomic E-state index is 12.4. The van der Waals surface area contributed by atoms with Crippen LogP contribution in [-0.4, -0.2) is 26.2 Å². The maximum Gasteiger partial charge on any atom is 0.416 e. The zero-order chi connectivity index (χ0) is 16.3. The molecule has 1 aromatic rings. The van der Waals surface area contributed by atoms with Gasteiger partial charge in [-0.15, -0.1) is 0 Å². The Morgan fingerprint density at radius 3 is 2.14 bits per heavy atom. The Hall–Kier alpha value is -1.12. The molecule has 21 heavy (non-hydrogen) atoms. The lowest BCUT2D eigenvalue weighted by molar-refractivity contribution is -0.137. The summed E-state index contributed by atoms with van der Waals surface area (Å²) in [6.07, 6.45) is -4.92. The number of sulfonamides is 1. The Kier molecular flexibility index (Phi) is 5.77. The molecule has 0 bridgehead atoms. The third kappa shape index (κ3) is 5.64. The molecule has 0 heterocycles. The van der Waals surface area contributed by atoms with Gasteiger partial charge in [0, 0.05) is 6.54 Å². The van der Waals surface area contributed by atoms with Crippen molar-refractivity contribution in [3.8, 4) is 0 Å². The van der Waals surface area contributed by atoms with Gasteiger partial charge in [0.15, 0.2) is 0 Å². The number of aliphatic hydroxyl groups excluding tert-OH is 1. The van der Waals surface area contributed by atoms with Crippen LogP contribution in [0.3, 0.4) is 0 Å². The molecule has 0 aliphatic rings. The van der Waals surface area contributed by atoms with Gasteiger partial charge in [-0.3, -0.25) is 0 Å². The van der Waals surface area contributed by atoms with E-state index < -0.39 is 27.9 Å². The SMILES string of the molecule is CC(C)CC(O)CNS(=O)(=O)c1ccc(C(F)(F)F)cc1. The first kappa shape index (κ1) is 17.9. The molecular weight excluding hydrogens is 307 g/mol. The van der Waals surface area contributed by atoms with Gasteiger partial charge in [0.05, 0.1) is 16.6 Å². The second-order valence-corrected chi connectivity index (χ2v) is 6.92. The Balaban J connectivity index is 2.75. The smallest absolute Gasteiger partial charge is 0.392 e. The minimum atomic E-state index is -4.51. The van der Waals surface area contributed by atoms with Crippen molar-refractivity contribution in [1.82, 2.24) is 4.72 Å². The van der Waals surface area contributed by atoms with Crippen LogP contribution < -0.4 is 4.72 Å². The molecule has 0 spiro atoms. The van der Waals surface area contributed by atoms with Crippen molar-refractivity contribution in [2.24, 2.45) is 5.92 Å². The molecule has 1 unspecified atom stereocenters. The Morgan fingerprint density at radius 1 is 1.19 bits per heavy atom. The van der Waals surface area contributed by atoms with Gasteiger partial charge in [-0.1, -0.05) is 13.8 Å². The molecule has 0 aliphatic heterocycles. The van der Waals surface area contributed by atoms with E-state index in [2.05, 4.69) is 4.72 Å². The molecule has 0 saturated heterocycles. The van der Waals surface area contributed by atoms with Crippen molar-refractivity contribution in [3.63, 3.8) is 0 Å². The summed E-state index contributed by atoms with van der Waals surface area (Å²) in [6, 6.07) is 3.19. The van der Waals surface area contributed by atoms with E-state index in [0.29, 0.717) is 18.6 Å². The van der Waals surface area contributed by atoms with Crippen LogP contribution in [0.4, 0.5) is 13.2 Å². The average molecular weight is 325 g/mol. The number of hydrogen-bond acceptors (Lipinski definition) is 3. The molecule has 0 aromatic heterocycles. The highest BCUT2D eigenvalue weighted by Gasteiger charge is 2.30. The predicted octanol–water partition coefficient (Wildman–Crippen LogP) is 2.39. The molecule has 8 heteroatoms. The highest BCUT2D eigenvalue weighted by Crippen LogP contribution is 2.29. The van der Waals surface area contributed by atoms with E-state index in [4.69, 9.17) is 0 Å². The summed E-state index contributed by atoms with van der Waals surface area (Å²) in [7, 11) is -3.93. The van der Waals surface area contributed by atoms with E-state index in [-0.39, 0.29) is 17.4 Å². The minimum Gasteiger partial charge on any atom is -0.392 e. The van der Waals surface area contributed by atoms with E-state index in [1.807, 2.05) is 13.8 Å². The molecule has 0 radical (unpaired) electrons. The minimum absolute atomic E-state index is 0.179. The van der Waals surface area contributed by atoms with Crippen molar-refractivity contribution in [1.29, 1.82) is 0 Å². The third-order valence-corrected chi connectivity index (χ3v) is 4.18. The van der Waals surface area contributed by atoms with Crippen LogP contribution in [-0.2, 0) is 16.2 Å². The normalized spacial score (nSPS) is 14.4. The van der Waals surface area contributed by atoms with Gasteiger partial charge in [0.1, 0.15) is 0 Å². The first-order valence-corrected chi connectivity index (χ1v) is 7.85. The quantitative estimate of drug-likeness (QED) is 0.844. The number of hydrogen-bond donors (Lipinski definition) is 2. The van der Waals surface area contributed by atoms with E-state index in [1.165, 1.54) is 0 Å². The summed E-state index contributed by atoms with van der Waals surface area (Å²) in [6.45, 7) is 3.59. The fraction of sp³-hybridized carbons (Fsp3) is 0.538. The highest BCUT2D eigenvalue weighted by molar-refractivity contribution is 7.89.